The van der Waals surface area contributed by atoms with Crippen LogP contribution in [-0.4, -0.2) is 8.42 Å². The molecule has 4 nitrogen and oxygen atoms in total. The summed E-state index contributed by atoms with van der Waals surface area (Å²) in [5.74, 6) is 0. The number of hydrogen-bond acceptors (Lipinski definition) is 4. The van der Waals surface area contributed by atoms with Crippen molar-refractivity contribution in [3.63, 3.8) is 0 Å². The third-order valence-corrected chi connectivity index (χ3v) is 6.17. The van der Waals surface area contributed by atoms with E-state index in [1.165, 1.54) is 11.3 Å². The lowest BCUT2D eigenvalue weighted by molar-refractivity contribution is 0.583. The van der Waals surface area contributed by atoms with Crippen LogP contribution in [-0.2, 0) is 23.1 Å². The van der Waals surface area contributed by atoms with Crippen molar-refractivity contribution >= 4 is 21.4 Å². The molecule has 0 atom stereocenters. The summed E-state index contributed by atoms with van der Waals surface area (Å²) >= 11 is 1.23. The number of nitrogens with two attached hydrogens (primary N) is 1. The fourth-order valence-electron chi connectivity index (χ4n) is 1.78. The van der Waals surface area contributed by atoms with Gasteiger partial charge in [-0.15, -0.1) is 11.3 Å². The van der Waals surface area contributed by atoms with E-state index in [1.807, 2.05) is 38.1 Å². The second kappa shape index (κ2) is 6.05. The minimum Gasteiger partial charge on any atom is -0.326 e. The van der Waals surface area contributed by atoms with Crippen LogP contribution in [0.1, 0.15) is 21.6 Å². The predicted octanol–water partition coefficient (Wildman–Crippen LogP) is 2.30. The van der Waals surface area contributed by atoms with Gasteiger partial charge in [-0.2, -0.15) is 0 Å². The normalized spacial score (nSPS) is 11.8. The Morgan fingerprint density at radius 2 is 1.85 bits per heavy atom. The lowest BCUT2D eigenvalue weighted by Crippen LogP contribution is -2.22. The molecule has 0 saturated carbocycles. The van der Waals surface area contributed by atoms with E-state index in [-0.39, 0.29) is 6.54 Å². The molecule has 0 bridgehead atoms. The molecule has 0 saturated heterocycles. The highest BCUT2D eigenvalue weighted by atomic mass is 32.2. The van der Waals surface area contributed by atoms with Crippen LogP contribution < -0.4 is 10.5 Å². The SMILES string of the molecule is Cc1ccc(CNS(=O)(=O)c2cc(C)c(CN)s2)cc1. The summed E-state index contributed by atoms with van der Waals surface area (Å²) in [5.41, 5.74) is 8.59. The van der Waals surface area contributed by atoms with Crippen LogP contribution >= 0.6 is 11.3 Å². The van der Waals surface area contributed by atoms with Gasteiger partial charge in [0.25, 0.3) is 0 Å². The molecule has 2 rings (SSSR count). The average Bonchev–Trinajstić information content (AvgIpc) is 2.80. The Morgan fingerprint density at radius 1 is 1.20 bits per heavy atom. The molecule has 1 aromatic heterocycles. The van der Waals surface area contributed by atoms with Gasteiger partial charge in [-0.3, -0.25) is 0 Å². The molecule has 0 aliphatic rings. The standard InChI is InChI=1S/C14H18N2O2S2/c1-10-3-5-12(6-4-10)9-16-20(17,18)14-7-11(2)13(8-15)19-14/h3-7,16H,8-9,15H2,1-2H3. The molecule has 3 N–H and O–H groups in total. The van der Waals surface area contributed by atoms with Crippen LogP contribution in [0.25, 0.3) is 0 Å². The molecule has 0 unspecified atom stereocenters. The summed E-state index contributed by atoms with van der Waals surface area (Å²) in [6, 6.07) is 9.44. The zero-order valence-electron chi connectivity index (χ0n) is 11.5. The quantitative estimate of drug-likeness (QED) is 0.890. The average molecular weight is 310 g/mol. The number of benzene rings is 1. The maximum absolute atomic E-state index is 12.2. The molecular weight excluding hydrogens is 292 g/mol. The molecule has 2 aromatic rings. The van der Waals surface area contributed by atoms with Crippen molar-refractivity contribution in [2.75, 3.05) is 0 Å². The van der Waals surface area contributed by atoms with E-state index in [2.05, 4.69) is 4.72 Å². The molecule has 0 aliphatic heterocycles. The predicted molar refractivity (Wildman–Crippen MR) is 82.2 cm³/mol. The number of thiophene rings is 1. The molecule has 20 heavy (non-hydrogen) atoms. The first-order valence-electron chi connectivity index (χ1n) is 6.27. The van der Waals surface area contributed by atoms with Gasteiger partial charge in [0, 0.05) is 18.0 Å². The maximum atomic E-state index is 12.2. The molecular formula is C14H18N2O2S2. The molecule has 1 aromatic carbocycles. The number of hydrogen-bond donors (Lipinski definition) is 2. The molecule has 6 heteroatoms. The van der Waals surface area contributed by atoms with Gasteiger partial charge in [0.15, 0.2) is 0 Å². The van der Waals surface area contributed by atoms with Crippen molar-refractivity contribution in [2.24, 2.45) is 5.73 Å². The van der Waals surface area contributed by atoms with Gasteiger partial charge in [-0.05, 0) is 31.0 Å². The minimum absolute atomic E-state index is 0.289. The lowest BCUT2D eigenvalue weighted by Gasteiger charge is -2.05. The van der Waals surface area contributed by atoms with E-state index >= 15 is 0 Å². The number of rotatable bonds is 5. The zero-order valence-corrected chi connectivity index (χ0v) is 13.1. The first-order valence-corrected chi connectivity index (χ1v) is 8.57. The fourth-order valence-corrected chi connectivity index (χ4v) is 4.31. The first-order chi connectivity index (χ1) is 9.42. The van der Waals surface area contributed by atoms with Crippen molar-refractivity contribution in [2.45, 2.75) is 31.1 Å². The second-order valence-electron chi connectivity index (χ2n) is 4.69. The Bertz CT molecular complexity index is 688. The van der Waals surface area contributed by atoms with Crippen LogP contribution in [0.4, 0.5) is 0 Å². The number of nitrogens with one attached hydrogen (secondary N) is 1. The molecule has 0 spiro atoms. The Balaban J connectivity index is 2.12. The number of sulfonamides is 1. The molecule has 0 amide bonds. The van der Waals surface area contributed by atoms with Crippen molar-refractivity contribution in [1.82, 2.24) is 4.72 Å². The highest BCUT2D eigenvalue weighted by Gasteiger charge is 2.18. The summed E-state index contributed by atoms with van der Waals surface area (Å²) in [5, 5.41) is 0. The fraction of sp³-hybridized carbons (Fsp3) is 0.286. The highest BCUT2D eigenvalue weighted by molar-refractivity contribution is 7.91. The monoisotopic (exact) mass is 310 g/mol. The summed E-state index contributed by atoms with van der Waals surface area (Å²) in [4.78, 5) is 0.903. The third-order valence-electron chi connectivity index (χ3n) is 3.04. The minimum atomic E-state index is -3.47. The first kappa shape index (κ1) is 15.2. The molecule has 0 fully saturated rings. The van der Waals surface area contributed by atoms with Crippen molar-refractivity contribution in [3.8, 4) is 0 Å². The van der Waals surface area contributed by atoms with Crippen LogP contribution in [0.5, 0.6) is 0 Å². The van der Waals surface area contributed by atoms with Gasteiger partial charge in [0.2, 0.25) is 10.0 Å². The van der Waals surface area contributed by atoms with E-state index in [4.69, 9.17) is 5.73 Å². The van der Waals surface area contributed by atoms with E-state index in [9.17, 15) is 8.42 Å². The van der Waals surface area contributed by atoms with E-state index in [1.54, 1.807) is 6.07 Å². The second-order valence-corrected chi connectivity index (χ2v) is 7.82. The van der Waals surface area contributed by atoms with Crippen LogP contribution in [0.2, 0.25) is 0 Å². The highest BCUT2D eigenvalue weighted by Crippen LogP contribution is 2.25. The Kier molecular flexibility index (Phi) is 4.59. The van der Waals surface area contributed by atoms with E-state index in [0.29, 0.717) is 10.8 Å². The molecule has 108 valence electrons. The van der Waals surface area contributed by atoms with Gasteiger partial charge < -0.3 is 5.73 Å². The van der Waals surface area contributed by atoms with E-state index < -0.39 is 10.0 Å². The van der Waals surface area contributed by atoms with Crippen LogP contribution in [0.15, 0.2) is 34.5 Å². The zero-order chi connectivity index (χ0) is 14.8. The summed E-state index contributed by atoms with van der Waals surface area (Å²) < 4.78 is 27.4. The third kappa shape index (κ3) is 3.46. The summed E-state index contributed by atoms with van der Waals surface area (Å²) in [6.45, 7) is 4.52. The van der Waals surface area contributed by atoms with Crippen molar-refractivity contribution in [3.05, 3.63) is 51.9 Å². The molecule has 1 heterocycles. The summed E-state index contributed by atoms with van der Waals surface area (Å²) in [7, 11) is -3.47. The van der Waals surface area contributed by atoms with Gasteiger partial charge in [-0.25, -0.2) is 13.1 Å². The number of aryl methyl sites for hydroxylation is 2. The van der Waals surface area contributed by atoms with Crippen LogP contribution in [0.3, 0.4) is 0 Å². The summed E-state index contributed by atoms with van der Waals surface area (Å²) in [6.07, 6.45) is 0. The van der Waals surface area contributed by atoms with Gasteiger partial charge >= 0.3 is 0 Å². The van der Waals surface area contributed by atoms with Crippen LogP contribution in [0, 0.1) is 13.8 Å². The molecule has 0 radical (unpaired) electrons. The molecule has 0 aliphatic carbocycles. The largest absolute Gasteiger partial charge is 0.326 e. The smallest absolute Gasteiger partial charge is 0.250 e. The van der Waals surface area contributed by atoms with E-state index in [0.717, 1.165) is 21.6 Å². The van der Waals surface area contributed by atoms with Crippen molar-refractivity contribution in [1.29, 1.82) is 0 Å². The van der Waals surface area contributed by atoms with Gasteiger partial charge in [0.05, 0.1) is 0 Å². The Hall–Kier alpha value is -1.21. The lowest BCUT2D eigenvalue weighted by atomic mass is 10.2. The maximum Gasteiger partial charge on any atom is 0.250 e. The van der Waals surface area contributed by atoms with Gasteiger partial charge in [0.1, 0.15) is 4.21 Å². The Labute approximate surface area is 123 Å². The van der Waals surface area contributed by atoms with Crippen molar-refractivity contribution < 1.29 is 8.42 Å². The topological polar surface area (TPSA) is 72.2 Å². The van der Waals surface area contributed by atoms with Gasteiger partial charge in [-0.1, -0.05) is 29.8 Å². The Morgan fingerprint density at radius 3 is 2.40 bits per heavy atom.